The summed E-state index contributed by atoms with van der Waals surface area (Å²) in [6.07, 6.45) is 0. The van der Waals surface area contributed by atoms with E-state index in [0.717, 1.165) is 15.8 Å². The molecule has 3 aromatic rings. The molecule has 0 aliphatic heterocycles. The lowest BCUT2D eigenvalue weighted by Gasteiger charge is -2.04. The lowest BCUT2D eigenvalue weighted by atomic mass is 10.1. The zero-order valence-corrected chi connectivity index (χ0v) is 13.7. The molecule has 5 nitrogen and oxygen atoms in total. The molecule has 6 heteroatoms. The number of esters is 1. The third-order valence-corrected chi connectivity index (χ3v) is 4.77. The van der Waals surface area contributed by atoms with Gasteiger partial charge in [0.2, 0.25) is 0 Å². The number of methoxy groups -OCH3 is 1. The number of fused-ring (bicyclic) bond motifs is 1. The molecule has 0 unspecified atom stereocenters. The van der Waals surface area contributed by atoms with E-state index in [4.69, 9.17) is 9.15 Å². The van der Waals surface area contributed by atoms with Crippen LogP contribution in [0.2, 0.25) is 0 Å². The second kappa shape index (κ2) is 5.89. The molecule has 0 saturated carbocycles. The fraction of sp³-hybridized carbons (Fsp3) is 0.176. The van der Waals surface area contributed by atoms with Crippen molar-refractivity contribution in [2.24, 2.45) is 0 Å². The summed E-state index contributed by atoms with van der Waals surface area (Å²) < 4.78 is 10.3. The molecule has 2 heterocycles. The fourth-order valence-electron chi connectivity index (χ4n) is 2.32. The van der Waals surface area contributed by atoms with E-state index in [9.17, 15) is 9.59 Å². The molecule has 0 fully saturated rings. The van der Waals surface area contributed by atoms with Crippen molar-refractivity contribution < 1.29 is 18.7 Å². The molecule has 23 heavy (non-hydrogen) atoms. The molecule has 118 valence electrons. The quantitative estimate of drug-likeness (QED) is 0.733. The second-order valence-corrected chi connectivity index (χ2v) is 6.31. The van der Waals surface area contributed by atoms with E-state index in [1.807, 2.05) is 32.0 Å². The van der Waals surface area contributed by atoms with Gasteiger partial charge in [-0.2, -0.15) is 0 Å². The SMILES string of the molecule is COC(=O)c1c(NC(=O)c2cc3ccccc3o2)sc(C)c1C. The van der Waals surface area contributed by atoms with Gasteiger partial charge in [-0.05, 0) is 31.5 Å². The number of carbonyl (C=O) groups excluding carboxylic acids is 2. The Hall–Kier alpha value is -2.60. The van der Waals surface area contributed by atoms with Crippen LogP contribution in [0.25, 0.3) is 11.0 Å². The van der Waals surface area contributed by atoms with Crippen molar-refractivity contribution in [3.63, 3.8) is 0 Å². The molecular weight excluding hydrogens is 314 g/mol. The highest BCUT2D eigenvalue weighted by Gasteiger charge is 2.23. The highest BCUT2D eigenvalue weighted by atomic mass is 32.1. The molecular formula is C17H15NO4S. The first-order valence-corrected chi connectivity index (χ1v) is 7.81. The van der Waals surface area contributed by atoms with E-state index in [2.05, 4.69) is 5.32 Å². The number of rotatable bonds is 3. The smallest absolute Gasteiger partial charge is 0.341 e. The number of carbonyl (C=O) groups is 2. The van der Waals surface area contributed by atoms with E-state index >= 15 is 0 Å². The maximum atomic E-state index is 12.4. The van der Waals surface area contributed by atoms with Crippen LogP contribution in [0.1, 0.15) is 31.4 Å². The van der Waals surface area contributed by atoms with Crippen LogP contribution in [-0.4, -0.2) is 19.0 Å². The Morgan fingerprint density at radius 1 is 1.22 bits per heavy atom. The molecule has 0 saturated heterocycles. The number of aryl methyl sites for hydroxylation is 1. The molecule has 0 radical (unpaired) electrons. The minimum Gasteiger partial charge on any atom is -0.465 e. The van der Waals surface area contributed by atoms with E-state index in [1.54, 1.807) is 12.1 Å². The third-order valence-electron chi connectivity index (χ3n) is 3.65. The first-order valence-electron chi connectivity index (χ1n) is 6.99. The summed E-state index contributed by atoms with van der Waals surface area (Å²) in [6.45, 7) is 3.72. The second-order valence-electron chi connectivity index (χ2n) is 5.08. The van der Waals surface area contributed by atoms with Crippen LogP contribution >= 0.6 is 11.3 Å². The van der Waals surface area contributed by atoms with Gasteiger partial charge in [0.25, 0.3) is 5.91 Å². The number of anilines is 1. The number of furan rings is 1. The number of hydrogen-bond acceptors (Lipinski definition) is 5. The van der Waals surface area contributed by atoms with Gasteiger partial charge < -0.3 is 14.5 Å². The Balaban J connectivity index is 1.94. The molecule has 0 aliphatic carbocycles. The van der Waals surface area contributed by atoms with E-state index < -0.39 is 11.9 Å². The summed E-state index contributed by atoms with van der Waals surface area (Å²) in [4.78, 5) is 25.3. The zero-order chi connectivity index (χ0) is 16.6. The molecule has 0 spiro atoms. The molecule has 1 N–H and O–H groups in total. The third kappa shape index (κ3) is 2.73. The van der Waals surface area contributed by atoms with Crippen molar-refractivity contribution in [3.8, 4) is 0 Å². The largest absolute Gasteiger partial charge is 0.465 e. The number of ether oxygens (including phenoxy) is 1. The summed E-state index contributed by atoms with van der Waals surface area (Å²) in [7, 11) is 1.32. The normalized spacial score (nSPS) is 10.7. The van der Waals surface area contributed by atoms with Crippen LogP contribution in [0.15, 0.2) is 34.7 Å². The summed E-state index contributed by atoms with van der Waals surface area (Å²) in [5, 5.41) is 4.07. The monoisotopic (exact) mass is 329 g/mol. The van der Waals surface area contributed by atoms with Crippen molar-refractivity contribution in [2.45, 2.75) is 13.8 Å². The minimum atomic E-state index is -0.466. The Bertz CT molecular complexity index is 874. The summed E-state index contributed by atoms with van der Waals surface area (Å²) >= 11 is 1.34. The van der Waals surface area contributed by atoms with Gasteiger partial charge in [0, 0.05) is 10.3 Å². The highest BCUT2D eigenvalue weighted by Crippen LogP contribution is 2.33. The highest BCUT2D eigenvalue weighted by molar-refractivity contribution is 7.16. The molecule has 0 atom stereocenters. The van der Waals surface area contributed by atoms with Crippen molar-refractivity contribution in [2.75, 3.05) is 12.4 Å². The first kappa shape index (κ1) is 15.3. The van der Waals surface area contributed by atoms with E-state index in [-0.39, 0.29) is 5.76 Å². The average Bonchev–Trinajstić information content (AvgIpc) is 3.09. The van der Waals surface area contributed by atoms with Gasteiger partial charge in [0.1, 0.15) is 10.6 Å². The molecule has 2 aromatic heterocycles. The maximum Gasteiger partial charge on any atom is 0.341 e. The molecule has 3 rings (SSSR count). The number of thiophene rings is 1. The fourth-order valence-corrected chi connectivity index (χ4v) is 3.36. The summed E-state index contributed by atoms with van der Waals surface area (Å²) in [5.41, 5.74) is 1.84. The van der Waals surface area contributed by atoms with Gasteiger partial charge in [-0.15, -0.1) is 11.3 Å². The minimum absolute atomic E-state index is 0.200. The first-order chi connectivity index (χ1) is 11.0. The van der Waals surface area contributed by atoms with Gasteiger partial charge >= 0.3 is 5.97 Å². The predicted molar refractivity (Wildman–Crippen MR) is 89.3 cm³/mol. The van der Waals surface area contributed by atoms with Crippen LogP contribution in [0.5, 0.6) is 0 Å². The Morgan fingerprint density at radius 3 is 2.65 bits per heavy atom. The summed E-state index contributed by atoms with van der Waals surface area (Å²) in [6, 6.07) is 9.06. The standard InChI is InChI=1S/C17H15NO4S/c1-9-10(2)23-16(14(9)17(20)21-3)18-15(19)13-8-11-6-4-5-7-12(11)22-13/h4-8H,1-3H3,(H,18,19). The Kier molecular flexibility index (Phi) is 3.92. The Labute approximate surface area is 136 Å². The molecule has 1 aromatic carbocycles. The van der Waals surface area contributed by atoms with Crippen molar-refractivity contribution in [1.29, 1.82) is 0 Å². The number of benzene rings is 1. The van der Waals surface area contributed by atoms with Crippen molar-refractivity contribution in [1.82, 2.24) is 0 Å². The van der Waals surface area contributed by atoms with Gasteiger partial charge in [-0.3, -0.25) is 4.79 Å². The summed E-state index contributed by atoms with van der Waals surface area (Å²) in [5.74, 6) is -0.662. The number of para-hydroxylation sites is 1. The van der Waals surface area contributed by atoms with Crippen molar-refractivity contribution in [3.05, 3.63) is 52.1 Å². The number of hydrogen-bond donors (Lipinski definition) is 1. The number of amides is 1. The van der Waals surface area contributed by atoms with Crippen LogP contribution < -0.4 is 5.32 Å². The average molecular weight is 329 g/mol. The number of nitrogens with one attached hydrogen (secondary N) is 1. The van der Waals surface area contributed by atoms with Crippen LogP contribution in [0, 0.1) is 13.8 Å². The van der Waals surface area contributed by atoms with Crippen LogP contribution in [0.3, 0.4) is 0 Å². The van der Waals surface area contributed by atoms with E-state index in [0.29, 0.717) is 16.1 Å². The topological polar surface area (TPSA) is 68.5 Å². The van der Waals surface area contributed by atoms with E-state index in [1.165, 1.54) is 18.4 Å². The Morgan fingerprint density at radius 2 is 1.96 bits per heavy atom. The molecule has 0 aliphatic rings. The lowest BCUT2D eigenvalue weighted by molar-refractivity contribution is 0.0601. The van der Waals surface area contributed by atoms with Crippen LogP contribution in [0.4, 0.5) is 5.00 Å². The van der Waals surface area contributed by atoms with Gasteiger partial charge in [-0.1, -0.05) is 18.2 Å². The molecule has 0 bridgehead atoms. The predicted octanol–water partition coefficient (Wildman–Crippen LogP) is 4.15. The maximum absolute atomic E-state index is 12.4. The van der Waals surface area contributed by atoms with Gasteiger partial charge in [0.05, 0.1) is 12.7 Å². The van der Waals surface area contributed by atoms with Gasteiger partial charge in [-0.25, -0.2) is 4.79 Å². The van der Waals surface area contributed by atoms with Crippen molar-refractivity contribution >= 4 is 39.2 Å². The van der Waals surface area contributed by atoms with Gasteiger partial charge in [0.15, 0.2) is 5.76 Å². The van der Waals surface area contributed by atoms with Crippen LogP contribution in [-0.2, 0) is 4.74 Å². The molecule has 1 amide bonds. The zero-order valence-electron chi connectivity index (χ0n) is 12.9. The lowest BCUT2D eigenvalue weighted by Crippen LogP contribution is -2.13.